The molecule has 0 atom stereocenters. The van der Waals surface area contributed by atoms with E-state index in [0.717, 1.165) is 26.1 Å². The molecule has 1 aliphatic heterocycles. The molecule has 0 fully saturated rings. The van der Waals surface area contributed by atoms with Gasteiger partial charge in [-0.1, -0.05) is 48.5 Å². The molecular formula is C20H26Cl2N2. The second-order valence-corrected chi connectivity index (χ2v) is 6.14. The summed E-state index contributed by atoms with van der Waals surface area (Å²) in [6.45, 7) is 3.22. The highest BCUT2D eigenvalue weighted by Gasteiger charge is 2.13. The van der Waals surface area contributed by atoms with Gasteiger partial charge in [0.2, 0.25) is 0 Å². The zero-order valence-electron chi connectivity index (χ0n) is 14.3. The van der Waals surface area contributed by atoms with E-state index in [4.69, 9.17) is 0 Å². The predicted octanol–water partition coefficient (Wildman–Crippen LogP) is 4.89. The Labute approximate surface area is 158 Å². The first kappa shape index (κ1) is 20.6. The first-order valence-electron chi connectivity index (χ1n) is 7.95. The van der Waals surface area contributed by atoms with Crippen LogP contribution in [0.15, 0.2) is 60.7 Å². The Balaban J connectivity index is 0.00000144. The molecule has 4 heteroatoms. The first-order chi connectivity index (χ1) is 10.7. The van der Waals surface area contributed by atoms with Crippen molar-refractivity contribution in [2.45, 2.75) is 13.0 Å². The average Bonchev–Trinajstić information content (AvgIpc) is 2.57. The second-order valence-electron chi connectivity index (χ2n) is 6.14. The molecular weight excluding hydrogens is 339 g/mol. The van der Waals surface area contributed by atoms with Crippen molar-refractivity contribution in [1.82, 2.24) is 4.90 Å². The Morgan fingerprint density at radius 1 is 0.917 bits per heavy atom. The predicted molar refractivity (Wildman–Crippen MR) is 110 cm³/mol. The average molecular weight is 365 g/mol. The number of halogens is 2. The number of hydrogen-bond acceptors (Lipinski definition) is 2. The molecule has 0 bridgehead atoms. The molecule has 2 aromatic rings. The zero-order chi connectivity index (χ0) is 15.4. The fourth-order valence-electron chi connectivity index (χ4n) is 2.93. The quantitative estimate of drug-likeness (QED) is 0.762. The van der Waals surface area contributed by atoms with Gasteiger partial charge in [-0.15, -0.1) is 24.8 Å². The summed E-state index contributed by atoms with van der Waals surface area (Å²) in [6.07, 6.45) is 3.52. The summed E-state index contributed by atoms with van der Waals surface area (Å²) in [7, 11) is 4.16. The number of benzene rings is 2. The van der Waals surface area contributed by atoms with Crippen LogP contribution in [0.4, 0.5) is 5.69 Å². The monoisotopic (exact) mass is 364 g/mol. The van der Waals surface area contributed by atoms with Crippen molar-refractivity contribution in [3.05, 3.63) is 71.8 Å². The second kappa shape index (κ2) is 9.73. The van der Waals surface area contributed by atoms with Crippen LogP contribution in [0.1, 0.15) is 17.5 Å². The van der Waals surface area contributed by atoms with Gasteiger partial charge in [0, 0.05) is 39.4 Å². The van der Waals surface area contributed by atoms with Crippen LogP contribution in [-0.4, -0.2) is 32.1 Å². The summed E-state index contributed by atoms with van der Waals surface area (Å²) < 4.78 is 0. The summed E-state index contributed by atoms with van der Waals surface area (Å²) in [4.78, 5) is 4.65. The van der Waals surface area contributed by atoms with Gasteiger partial charge < -0.3 is 4.90 Å². The SMILES string of the molecule is CN(C)c1ccc(C2=CCN(Cc3ccccc3)CC2)cc1.Cl.Cl. The Kier molecular flexibility index (Phi) is 8.34. The van der Waals surface area contributed by atoms with E-state index >= 15 is 0 Å². The Hall–Kier alpha value is -1.48. The molecule has 1 aliphatic rings. The van der Waals surface area contributed by atoms with Gasteiger partial charge in [0.25, 0.3) is 0 Å². The molecule has 1 heterocycles. The van der Waals surface area contributed by atoms with Crippen LogP contribution in [0.3, 0.4) is 0 Å². The lowest BCUT2D eigenvalue weighted by molar-refractivity contribution is 0.294. The van der Waals surface area contributed by atoms with Gasteiger partial charge >= 0.3 is 0 Å². The van der Waals surface area contributed by atoms with Crippen LogP contribution < -0.4 is 4.90 Å². The fraction of sp³-hybridized carbons (Fsp3) is 0.300. The van der Waals surface area contributed by atoms with Gasteiger partial charge in [-0.25, -0.2) is 0 Å². The minimum atomic E-state index is 0. The highest BCUT2D eigenvalue weighted by Crippen LogP contribution is 2.25. The van der Waals surface area contributed by atoms with Crippen LogP contribution in [0.2, 0.25) is 0 Å². The number of nitrogens with zero attached hydrogens (tertiary/aromatic N) is 2. The molecule has 0 aliphatic carbocycles. The Morgan fingerprint density at radius 3 is 2.12 bits per heavy atom. The first-order valence-corrected chi connectivity index (χ1v) is 7.95. The van der Waals surface area contributed by atoms with Crippen molar-refractivity contribution in [1.29, 1.82) is 0 Å². The number of hydrogen-bond donors (Lipinski definition) is 0. The summed E-state index contributed by atoms with van der Waals surface area (Å²) in [5.41, 5.74) is 5.50. The van der Waals surface area contributed by atoms with Crippen molar-refractivity contribution >= 4 is 36.1 Å². The molecule has 0 saturated carbocycles. The molecule has 0 amide bonds. The van der Waals surface area contributed by atoms with Gasteiger partial charge in [-0.05, 0) is 35.3 Å². The van der Waals surface area contributed by atoms with Gasteiger partial charge in [0.1, 0.15) is 0 Å². The maximum atomic E-state index is 2.51. The van der Waals surface area contributed by atoms with Gasteiger partial charge in [0.15, 0.2) is 0 Å². The highest BCUT2D eigenvalue weighted by atomic mass is 35.5. The van der Waals surface area contributed by atoms with Crippen molar-refractivity contribution in [2.75, 3.05) is 32.1 Å². The molecule has 0 saturated heterocycles. The lowest BCUT2D eigenvalue weighted by Gasteiger charge is -2.26. The zero-order valence-corrected chi connectivity index (χ0v) is 15.9. The van der Waals surface area contributed by atoms with Crippen molar-refractivity contribution in [3.63, 3.8) is 0 Å². The molecule has 2 nitrogen and oxygen atoms in total. The summed E-state index contributed by atoms with van der Waals surface area (Å²) >= 11 is 0. The highest BCUT2D eigenvalue weighted by molar-refractivity contribution is 5.85. The fourth-order valence-corrected chi connectivity index (χ4v) is 2.93. The number of rotatable bonds is 4. The van der Waals surface area contributed by atoms with Crippen LogP contribution in [-0.2, 0) is 6.54 Å². The van der Waals surface area contributed by atoms with Gasteiger partial charge in [-0.2, -0.15) is 0 Å². The molecule has 24 heavy (non-hydrogen) atoms. The lowest BCUT2D eigenvalue weighted by atomic mass is 9.99. The standard InChI is InChI=1S/C20H24N2.2ClH/c1-21(2)20-10-8-18(9-11-20)19-12-14-22(15-13-19)16-17-6-4-3-5-7-17;;/h3-12H,13-16H2,1-2H3;2*1H. The smallest absolute Gasteiger partial charge is 0.0361 e. The molecule has 3 rings (SSSR count). The van der Waals surface area contributed by atoms with E-state index in [-0.39, 0.29) is 24.8 Å². The minimum Gasteiger partial charge on any atom is -0.378 e. The maximum absolute atomic E-state index is 2.51. The van der Waals surface area contributed by atoms with E-state index in [9.17, 15) is 0 Å². The summed E-state index contributed by atoms with van der Waals surface area (Å²) in [6, 6.07) is 19.6. The third kappa shape index (κ3) is 5.27. The van der Waals surface area contributed by atoms with Crippen LogP contribution >= 0.6 is 24.8 Å². The van der Waals surface area contributed by atoms with Gasteiger partial charge in [-0.3, -0.25) is 4.90 Å². The Bertz CT molecular complexity index is 636. The number of anilines is 1. The maximum Gasteiger partial charge on any atom is 0.0361 e. The molecule has 0 aromatic heterocycles. The lowest BCUT2D eigenvalue weighted by Crippen LogP contribution is -2.27. The van der Waals surface area contributed by atoms with Crippen LogP contribution in [0.25, 0.3) is 5.57 Å². The van der Waals surface area contributed by atoms with E-state index in [0.29, 0.717) is 0 Å². The van der Waals surface area contributed by atoms with E-state index in [1.807, 2.05) is 0 Å². The summed E-state index contributed by atoms with van der Waals surface area (Å²) in [5, 5.41) is 0. The van der Waals surface area contributed by atoms with Gasteiger partial charge in [0.05, 0.1) is 0 Å². The van der Waals surface area contributed by atoms with Crippen LogP contribution in [0.5, 0.6) is 0 Å². The molecule has 2 aromatic carbocycles. The third-order valence-electron chi connectivity index (χ3n) is 4.30. The topological polar surface area (TPSA) is 6.48 Å². The van der Waals surface area contributed by atoms with E-state index < -0.39 is 0 Å². The minimum absolute atomic E-state index is 0. The largest absolute Gasteiger partial charge is 0.378 e. The van der Waals surface area contributed by atoms with E-state index in [1.165, 1.54) is 22.4 Å². The van der Waals surface area contributed by atoms with Crippen molar-refractivity contribution in [3.8, 4) is 0 Å². The molecule has 0 N–H and O–H groups in total. The van der Waals surface area contributed by atoms with Crippen molar-refractivity contribution in [2.24, 2.45) is 0 Å². The van der Waals surface area contributed by atoms with E-state index in [2.05, 4.69) is 84.6 Å². The van der Waals surface area contributed by atoms with Crippen LogP contribution in [0, 0.1) is 0 Å². The Morgan fingerprint density at radius 2 is 1.58 bits per heavy atom. The normalized spacial score (nSPS) is 14.2. The van der Waals surface area contributed by atoms with E-state index in [1.54, 1.807) is 0 Å². The molecule has 0 radical (unpaired) electrons. The molecule has 0 unspecified atom stereocenters. The summed E-state index contributed by atoms with van der Waals surface area (Å²) in [5.74, 6) is 0. The third-order valence-corrected chi connectivity index (χ3v) is 4.30. The van der Waals surface area contributed by atoms with Crippen molar-refractivity contribution < 1.29 is 0 Å². The molecule has 130 valence electrons. The molecule has 0 spiro atoms.